The van der Waals surface area contributed by atoms with E-state index in [1.54, 1.807) is 7.11 Å². The molecule has 1 atom stereocenters. The highest BCUT2D eigenvalue weighted by molar-refractivity contribution is 5.58. The van der Waals surface area contributed by atoms with Crippen molar-refractivity contribution in [3.05, 3.63) is 23.8 Å². The lowest BCUT2D eigenvalue weighted by Crippen LogP contribution is -2.18. The SMILES string of the molecule is COc1ccc(CN(C)C)cc1NC(C)CC(C)C. The van der Waals surface area contributed by atoms with Gasteiger partial charge in [-0.15, -0.1) is 0 Å². The van der Waals surface area contributed by atoms with Gasteiger partial charge in [0.15, 0.2) is 0 Å². The Morgan fingerprint density at radius 2 is 1.89 bits per heavy atom. The van der Waals surface area contributed by atoms with Gasteiger partial charge in [-0.3, -0.25) is 0 Å². The average molecular weight is 264 g/mol. The van der Waals surface area contributed by atoms with Crippen LogP contribution in [0.2, 0.25) is 0 Å². The van der Waals surface area contributed by atoms with Crippen molar-refractivity contribution in [2.45, 2.75) is 39.8 Å². The molecule has 0 spiro atoms. The summed E-state index contributed by atoms with van der Waals surface area (Å²) >= 11 is 0. The summed E-state index contributed by atoms with van der Waals surface area (Å²) in [6.45, 7) is 7.66. The first-order chi connectivity index (χ1) is 8.92. The van der Waals surface area contributed by atoms with Crippen molar-refractivity contribution in [3.63, 3.8) is 0 Å². The summed E-state index contributed by atoms with van der Waals surface area (Å²) in [5.41, 5.74) is 2.39. The van der Waals surface area contributed by atoms with Crippen LogP contribution in [0.15, 0.2) is 18.2 Å². The fourth-order valence-corrected chi connectivity index (χ4v) is 2.36. The minimum absolute atomic E-state index is 0.448. The highest BCUT2D eigenvalue weighted by Gasteiger charge is 2.10. The number of anilines is 1. The van der Waals surface area contributed by atoms with E-state index in [0.717, 1.165) is 24.4 Å². The molecule has 0 aliphatic rings. The molecule has 0 heterocycles. The van der Waals surface area contributed by atoms with E-state index < -0.39 is 0 Å². The van der Waals surface area contributed by atoms with Crippen LogP contribution in [0.3, 0.4) is 0 Å². The zero-order valence-electron chi connectivity index (χ0n) is 13.2. The van der Waals surface area contributed by atoms with Gasteiger partial charge in [-0.25, -0.2) is 0 Å². The van der Waals surface area contributed by atoms with Gasteiger partial charge in [-0.05, 0) is 51.1 Å². The van der Waals surface area contributed by atoms with Crippen molar-refractivity contribution >= 4 is 5.69 Å². The maximum absolute atomic E-state index is 5.44. The molecule has 19 heavy (non-hydrogen) atoms. The Hall–Kier alpha value is -1.22. The first-order valence-corrected chi connectivity index (χ1v) is 7.00. The van der Waals surface area contributed by atoms with Crippen molar-refractivity contribution in [1.29, 1.82) is 0 Å². The molecule has 3 heteroatoms. The van der Waals surface area contributed by atoms with Crippen LogP contribution in [-0.2, 0) is 6.54 Å². The Balaban J connectivity index is 2.83. The monoisotopic (exact) mass is 264 g/mol. The molecule has 0 saturated heterocycles. The molecule has 1 aromatic rings. The number of nitrogens with zero attached hydrogens (tertiary/aromatic N) is 1. The Bertz CT molecular complexity index is 388. The molecular formula is C16H28N2O. The van der Waals surface area contributed by atoms with Gasteiger partial charge in [0.25, 0.3) is 0 Å². The fraction of sp³-hybridized carbons (Fsp3) is 0.625. The van der Waals surface area contributed by atoms with Crippen LogP contribution in [0.25, 0.3) is 0 Å². The molecule has 0 aromatic heterocycles. The molecule has 1 N–H and O–H groups in total. The van der Waals surface area contributed by atoms with E-state index in [1.165, 1.54) is 5.56 Å². The van der Waals surface area contributed by atoms with Gasteiger partial charge in [0.2, 0.25) is 0 Å². The molecule has 0 aliphatic carbocycles. The van der Waals surface area contributed by atoms with Crippen molar-refractivity contribution in [2.75, 3.05) is 26.5 Å². The standard InChI is InChI=1S/C16H28N2O/c1-12(2)9-13(3)17-15-10-14(11-18(4)5)7-8-16(15)19-6/h7-8,10,12-13,17H,9,11H2,1-6H3. The van der Waals surface area contributed by atoms with E-state index in [9.17, 15) is 0 Å². The maximum Gasteiger partial charge on any atom is 0.141 e. The molecule has 1 aromatic carbocycles. The number of methoxy groups -OCH3 is 1. The second-order valence-electron chi connectivity index (χ2n) is 5.95. The van der Waals surface area contributed by atoms with Crippen LogP contribution < -0.4 is 10.1 Å². The second-order valence-corrected chi connectivity index (χ2v) is 5.95. The van der Waals surface area contributed by atoms with Crippen LogP contribution in [0.5, 0.6) is 5.75 Å². The zero-order valence-corrected chi connectivity index (χ0v) is 13.2. The fourth-order valence-electron chi connectivity index (χ4n) is 2.36. The number of ether oxygens (including phenoxy) is 1. The van der Waals surface area contributed by atoms with E-state index >= 15 is 0 Å². The maximum atomic E-state index is 5.44. The largest absolute Gasteiger partial charge is 0.495 e. The third-order valence-corrected chi connectivity index (χ3v) is 2.99. The summed E-state index contributed by atoms with van der Waals surface area (Å²) in [4.78, 5) is 2.17. The Morgan fingerprint density at radius 1 is 1.21 bits per heavy atom. The third kappa shape index (κ3) is 5.52. The highest BCUT2D eigenvalue weighted by atomic mass is 16.5. The predicted octanol–water partition coefficient (Wildman–Crippen LogP) is 3.60. The first kappa shape index (κ1) is 15.8. The molecule has 0 amide bonds. The molecule has 0 bridgehead atoms. The van der Waals surface area contributed by atoms with Gasteiger partial charge in [0.1, 0.15) is 5.75 Å². The van der Waals surface area contributed by atoms with E-state index in [4.69, 9.17) is 4.74 Å². The molecule has 0 radical (unpaired) electrons. The lowest BCUT2D eigenvalue weighted by Gasteiger charge is -2.20. The van der Waals surface area contributed by atoms with Crippen molar-refractivity contribution in [1.82, 2.24) is 4.90 Å². The van der Waals surface area contributed by atoms with Crippen molar-refractivity contribution in [2.24, 2.45) is 5.92 Å². The summed E-state index contributed by atoms with van der Waals surface area (Å²) in [7, 11) is 5.89. The normalized spacial score (nSPS) is 12.8. The van der Waals surface area contributed by atoms with Crippen molar-refractivity contribution in [3.8, 4) is 5.75 Å². The molecule has 1 unspecified atom stereocenters. The topological polar surface area (TPSA) is 24.5 Å². The van der Waals surface area contributed by atoms with Gasteiger partial charge >= 0.3 is 0 Å². The van der Waals surface area contributed by atoms with E-state index in [-0.39, 0.29) is 0 Å². The van der Waals surface area contributed by atoms with Gasteiger partial charge in [-0.2, -0.15) is 0 Å². The van der Waals surface area contributed by atoms with Gasteiger partial charge < -0.3 is 15.0 Å². The number of rotatable bonds is 7. The van der Waals surface area contributed by atoms with Crippen LogP contribution in [0.1, 0.15) is 32.8 Å². The quantitative estimate of drug-likeness (QED) is 0.814. The number of nitrogens with one attached hydrogen (secondary N) is 1. The second kappa shape index (κ2) is 7.39. The minimum atomic E-state index is 0.448. The van der Waals surface area contributed by atoms with Gasteiger partial charge in [0, 0.05) is 12.6 Å². The average Bonchev–Trinajstić information content (AvgIpc) is 2.27. The van der Waals surface area contributed by atoms with E-state index in [0.29, 0.717) is 12.0 Å². The molecule has 1 rings (SSSR count). The Labute approximate surface area is 118 Å². The van der Waals surface area contributed by atoms with Crippen molar-refractivity contribution < 1.29 is 4.74 Å². The summed E-state index contributed by atoms with van der Waals surface area (Å²) in [6.07, 6.45) is 1.15. The minimum Gasteiger partial charge on any atom is -0.495 e. The lowest BCUT2D eigenvalue weighted by molar-refractivity contribution is 0.400. The predicted molar refractivity (Wildman–Crippen MR) is 82.9 cm³/mol. The van der Waals surface area contributed by atoms with E-state index in [1.807, 2.05) is 6.07 Å². The summed E-state index contributed by atoms with van der Waals surface area (Å²) in [5.74, 6) is 1.61. The number of hydrogen-bond donors (Lipinski definition) is 1. The number of hydrogen-bond acceptors (Lipinski definition) is 3. The Kier molecular flexibility index (Phi) is 6.16. The van der Waals surface area contributed by atoms with Crippen LogP contribution in [-0.4, -0.2) is 32.1 Å². The van der Waals surface area contributed by atoms with Crippen LogP contribution in [0, 0.1) is 5.92 Å². The van der Waals surface area contributed by atoms with Crippen LogP contribution in [0.4, 0.5) is 5.69 Å². The summed E-state index contributed by atoms with van der Waals surface area (Å²) in [6, 6.07) is 6.80. The smallest absolute Gasteiger partial charge is 0.141 e. The number of benzene rings is 1. The molecule has 0 aliphatic heterocycles. The summed E-state index contributed by atoms with van der Waals surface area (Å²) < 4.78 is 5.44. The highest BCUT2D eigenvalue weighted by Crippen LogP contribution is 2.27. The lowest BCUT2D eigenvalue weighted by atomic mass is 10.0. The summed E-state index contributed by atoms with van der Waals surface area (Å²) in [5, 5.41) is 3.56. The molecule has 108 valence electrons. The third-order valence-electron chi connectivity index (χ3n) is 2.99. The van der Waals surface area contributed by atoms with Gasteiger partial charge in [0.05, 0.1) is 12.8 Å². The van der Waals surface area contributed by atoms with Crippen LogP contribution >= 0.6 is 0 Å². The molecular weight excluding hydrogens is 236 g/mol. The van der Waals surface area contributed by atoms with Gasteiger partial charge in [-0.1, -0.05) is 19.9 Å². The zero-order chi connectivity index (χ0) is 14.4. The van der Waals surface area contributed by atoms with E-state index in [2.05, 4.69) is 57.2 Å². The first-order valence-electron chi connectivity index (χ1n) is 7.00. The molecule has 0 saturated carbocycles. The Morgan fingerprint density at radius 3 is 2.42 bits per heavy atom. The molecule has 0 fully saturated rings. The molecule has 3 nitrogen and oxygen atoms in total.